The SMILES string of the molecule is COC[C@H](C)NC(=O)C1CCN(S(=O)(=O)c2ccc(OC)cc2)CC1. The van der Waals surface area contributed by atoms with E-state index in [-0.39, 0.29) is 22.8 Å². The fraction of sp³-hybridized carbons (Fsp3) is 0.588. The molecule has 0 unspecified atom stereocenters. The van der Waals surface area contributed by atoms with Gasteiger partial charge in [-0.2, -0.15) is 4.31 Å². The normalized spacial score (nSPS) is 17.9. The number of piperidine rings is 1. The van der Waals surface area contributed by atoms with Crippen LogP contribution >= 0.6 is 0 Å². The van der Waals surface area contributed by atoms with E-state index in [0.29, 0.717) is 38.3 Å². The van der Waals surface area contributed by atoms with Crippen LogP contribution in [0, 0.1) is 5.92 Å². The smallest absolute Gasteiger partial charge is 0.243 e. The number of nitrogens with one attached hydrogen (secondary N) is 1. The van der Waals surface area contributed by atoms with E-state index in [0.717, 1.165) is 0 Å². The van der Waals surface area contributed by atoms with E-state index in [2.05, 4.69) is 5.32 Å². The molecule has 7 nitrogen and oxygen atoms in total. The molecule has 1 fully saturated rings. The Kier molecular flexibility index (Phi) is 6.80. The molecule has 1 aliphatic heterocycles. The number of rotatable bonds is 7. The second-order valence-electron chi connectivity index (χ2n) is 6.22. The maximum Gasteiger partial charge on any atom is 0.243 e. The largest absolute Gasteiger partial charge is 0.497 e. The first kappa shape index (κ1) is 19.7. The van der Waals surface area contributed by atoms with Gasteiger partial charge in [0, 0.05) is 32.2 Å². The fourth-order valence-electron chi connectivity index (χ4n) is 2.91. The minimum Gasteiger partial charge on any atom is -0.497 e. The number of sulfonamides is 1. The first-order valence-electron chi connectivity index (χ1n) is 8.32. The van der Waals surface area contributed by atoms with Crippen molar-refractivity contribution in [2.75, 3.05) is 33.9 Å². The lowest BCUT2D eigenvalue weighted by atomic mass is 9.97. The molecule has 8 heteroatoms. The minimum atomic E-state index is -3.54. The second-order valence-corrected chi connectivity index (χ2v) is 8.16. The van der Waals surface area contributed by atoms with Gasteiger partial charge >= 0.3 is 0 Å². The summed E-state index contributed by atoms with van der Waals surface area (Å²) >= 11 is 0. The molecule has 140 valence electrons. The van der Waals surface area contributed by atoms with Gasteiger partial charge in [-0.3, -0.25) is 4.79 Å². The average molecular weight is 370 g/mol. The number of hydrogen-bond acceptors (Lipinski definition) is 5. The van der Waals surface area contributed by atoms with Crippen LogP contribution in [-0.2, 0) is 19.6 Å². The number of carbonyl (C=O) groups excluding carboxylic acids is 1. The van der Waals surface area contributed by atoms with Gasteiger partial charge in [-0.25, -0.2) is 8.42 Å². The summed E-state index contributed by atoms with van der Waals surface area (Å²) in [5.74, 6) is 0.409. The van der Waals surface area contributed by atoms with Crippen molar-refractivity contribution in [2.45, 2.75) is 30.7 Å². The predicted molar refractivity (Wildman–Crippen MR) is 94.0 cm³/mol. The summed E-state index contributed by atoms with van der Waals surface area (Å²) in [5.41, 5.74) is 0. The van der Waals surface area contributed by atoms with E-state index in [1.54, 1.807) is 31.4 Å². The van der Waals surface area contributed by atoms with Gasteiger partial charge < -0.3 is 14.8 Å². The number of nitrogens with zero attached hydrogens (tertiary/aromatic N) is 1. The molecule has 0 saturated carbocycles. The van der Waals surface area contributed by atoms with Crippen LogP contribution in [0.4, 0.5) is 0 Å². The van der Waals surface area contributed by atoms with Crippen LogP contribution in [0.1, 0.15) is 19.8 Å². The van der Waals surface area contributed by atoms with Crippen LogP contribution in [0.25, 0.3) is 0 Å². The lowest BCUT2D eigenvalue weighted by Gasteiger charge is -2.31. The van der Waals surface area contributed by atoms with Gasteiger partial charge in [0.15, 0.2) is 0 Å². The van der Waals surface area contributed by atoms with Gasteiger partial charge in [0.25, 0.3) is 0 Å². The Morgan fingerprint density at radius 3 is 2.36 bits per heavy atom. The Labute approximate surface area is 149 Å². The van der Waals surface area contributed by atoms with E-state index >= 15 is 0 Å². The third kappa shape index (κ3) is 4.93. The second kappa shape index (κ2) is 8.64. The Bertz CT molecular complexity index is 667. The molecule has 1 N–H and O–H groups in total. The number of amides is 1. The highest BCUT2D eigenvalue weighted by atomic mass is 32.2. The van der Waals surface area contributed by atoms with Crippen LogP contribution in [0.5, 0.6) is 5.75 Å². The van der Waals surface area contributed by atoms with Crippen molar-refractivity contribution < 1.29 is 22.7 Å². The van der Waals surface area contributed by atoms with Crippen molar-refractivity contribution in [3.05, 3.63) is 24.3 Å². The molecule has 1 aliphatic rings. The Morgan fingerprint density at radius 2 is 1.84 bits per heavy atom. The van der Waals surface area contributed by atoms with Gasteiger partial charge in [0.1, 0.15) is 5.75 Å². The molecule has 1 saturated heterocycles. The van der Waals surface area contributed by atoms with Crippen LogP contribution in [0.3, 0.4) is 0 Å². The first-order valence-corrected chi connectivity index (χ1v) is 9.76. The van der Waals surface area contributed by atoms with Crippen LogP contribution in [-0.4, -0.2) is 58.6 Å². The number of ether oxygens (including phenoxy) is 2. The Morgan fingerprint density at radius 1 is 1.24 bits per heavy atom. The van der Waals surface area contributed by atoms with Gasteiger partial charge in [-0.05, 0) is 44.0 Å². The highest BCUT2D eigenvalue weighted by molar-refractivity contribution is 7.89. The third-order valence-electron chi connectivity index (χ3n) is 4.33. The Balaban J connectivity index is 1.95. The number of benzene rings is 1. The van der Waals surface area contributed by atoms with Crippen molar-refractivity contribution in [3.63, 3.8) is 0 Å². The highest BCUT2D eigenvalue weighted by Crippen LogP contribution is 2.25. The summed E-state index contributed by atoms with van der Waals surface area (Å²) < 4.78 is 36.9. The van der Waals surface area contributed by atoms with Gasteiger partial charge in [-0.1, -0.05) is 0 Å². The van der Waals surface area contributed by atoms with Crippen molar-refractivity contribution in [1.82, 2.24) is 9.62 Å². The Hall–Kier alpha value is -1.64. The zero-order valence-electron chi connectivity index (χ0n) is 14.9. The van der Waals surface area contributed by atoms with E-state index in [1.165, 1.54) is 11.4 Å². The topological polar surface area (TPSA) is 84.9 Å². The summed E-state index contributed by atoms with van der Waals surface area (Å²) in [6.45, 7) is 3.01. The van der Waals surface area contributed by atoms with Gasteiger partial charge in [0.05, 0.1) is 18.6 Å². The molecule has 25 heavy (non-hydrogen) atoms. The molecular formula is C17H26N2O5S. The van der Waals surface area contributed by atoms with Crippen molar-refractivity contribution in [3.8, 4) is 5.75 Å². The number of methoxy groups -OCH3 is 2. The zero-order chi connectivity index (χ0) is 18.4. The first-order chi connectivity index (χ1) is 11.9. The van der Waals surface area contributed by atoms with E-state index in [4.69, 9.17) is 9.47 Å². The predicted octanol–water partition coefficient (Wildman–Crippen LogP) is 1.25. The molecule has 1 aromatic rings. The minimum absolute atomic E-state index is 0.0361. The molecular weight excluding hydrogens is 344 g/mol. The average Bonchev–Trinajstić information content (AvgIpc) is 2.62. The quantitative estimate of drug-likeness (QED) is 0.781. The van der Waals surface area contributed by atoms with E-state index in [9.17, 15) is 13.2 Å². The summed E-state index contributed by atoms with van der Waals surface area (Å²) in [5, 5.41) is 2.90. The van der Waals surface area contributed by atoms with E-state index < -0.39 is 10.0 Å². The summed E-state index contributed by atoms with van der Waals surface area (Å²) in [6.07, 6.45) is 1.03. The fourth-order valence-corrected chi connectivity index (χ4v) is 4.38. The van der Waals surface area contributed by atoms with Gasteiger partial charge in [0.2, 0.25) is 15.9 Å². The molecule has 0 bridgehead atoms. The summed E-state index contributed by atoms with van der Waals surface area (Å²) in [6, 6.07) is 6.28. The molecule has 0 spiro atoms. The van der Waals surface area contributed by atoms with Crippen LogP contribution < -0.4 is 10.1 Å². The monoisotopic (exact) mass is 370 g/mol. The molecule has 1 atom stereocenters. The van der Waals surface area contributed by atoms with Crippen molar-refractivity contribution in [2.24, 2.45) is 5.92 Å². The highest BCUT2D eigenvalue weighted by Gasteiger charge is 2.32. The molecule has 0 aromatic heterocycles. The lowest BCUT2D eigenvalue weighted by Crippen LogP contribution is -2.45. The number of carbonyl (C=O) groups is 1. The van der Waals surface area contributed by atoms with Crippen molar-refractivity contribution >= 4 is 15.9 Å². The van der Waals surface area contributed by atoms with Gasteiger partial charge in [-0.15, -0.1) is 0 Å². The lowest BCUT2D eigenvalue weighted by molar-refractivity contribution is -0.127. The molecule has 0 aliphatic carbocycles. The zero-order valence-corrected chi connectivity index (χ0v) is 15.7. The van der Waals surface area contributed by atoms with Crippen LogP contribution in [0.2, 0.25) is 0 Å². The van der Waals surface area contributed by atoms with Crippen LogP contribution in [0.15, 0.2) is 29.2 Å². The molecule has 0 radical (unpaired) electrons. The van der Waals surface area contributed by atoms with E-state index in [1.807, 2.05) is 6.92 Å². The molecule has 2 rings (SSSR count). The standard InChI is InChI=1S/C17H26N2O5S/c1-13(12-23-2)18-17(20)14-8-10-19(11-9-14)25(21,22)16-6-4-15(24-3)5-7-16/h4-7,13-14H,8-12H2,1-3H3,(H,18,20)/t13-/m0/s1. The summed E-state index contributed by atoms with van der Waals surface area (Å²) in [7, 11) is -0.419. The maximum atomic E-state index is 12.7. The maximum absolute atomic E-state index is 12.7. The third-order valence-corrected chi connectivity index (χ3v) is 6.24. The molecule has 1 amide bonds. The molecule has 1 aromatic carbocycles. The van der Waals surface area contributed by atoms with Crippen molar-refractivity contribution in [1.29, 1.82) is 0 Å². The summed E-state index contributed by atoms with van der Waals surface area (Å²) in [4.78, 5) is 12.5. The number of hydrogen-bond donors (Lipinski definition) is 1. The molecule has 1 heterocycles.